The number of benzene rings is 1. The second-order valence-electron chi connectivity index (χ2n) is 4.13. The van der Waals surface area contributed by atoms with E-state index in [9.17, 15) is 5.11 Å². The second kappa shape index (κ2) is 6.02. The van der Waals surface area contributed by atoms with Crippen LogP contribution in [0, 0.1) is 0 Å². The lowest BCUT2D eigenvalue weighted by Crippen LogP contribution is -2.20. The zero-order chi connectivity index (χ0) is 13.7. The number of phenolic OH excluding ortho intramolecular Hbond substituents is 1. The zero-order valence-corrected chi connectivity index (χ0v) is 11.0. The van der Waals surface area contributed by atoms with E-state index >= 15 is 0 Å². The Labute approximate surface area is 108 Å². The molecule has 1 aromatic rings. The highest BCUT2D eigenvalue weighted by Gasteiger charge is 2.01. The van der Waals surface area contributed by atoms with Crippen molar-refractivity contribution < 1.29 is 5.11 Å². The minimum absolute atomic E-state index is 0.131. The highest BCUT2D eigenvalue weighted by Crippen LogP contribution is 2.28. The molecule has 0 spiro atoms. The number of aliphatic imine (C=N–C) groups is 1. The van der Waals surface area contributed by atoms with Gasteiger partial charge in [-0.3, -0.25) is 10.8 Å². The Morgan fingerprint density at radius 1 is 1.39 bits per heavy atom. The first kappa shape index (κ1) is 14.0. The van der Waals surface area contributed by atoms with Gasteiger partial charge in [-0.05, 0) is 56.3 Å². The van der Waals surface area contributed by atoms with E-state index < -0.39 is 0 Å². The number of hydrazine groups is 1. The fourth-order valence-corrected chi connectivity index (χ4v) is 1.52. The lowest BCUT2D eigenvalue weighted by molar-refractivity contribution is 0.477. The summed E-state index contributed by atoms with van der Waals surface area (Å²) in [6.07, 6.45) is 2.00. The predicted octanol–water partition coefficient (Wildman–Crippen LogP) is 2.88. The molecule has 0 aliphatic carbocycles. The third-order valence-corrected chi connectivity index (χ3v) is 2.92. The SMILES string of the molecule is C=Nc1cc(/C=C(C)/C(C)=C(/C)NN)ccc1O. The van der Waals surface area contributed by atoms with Gasteiger partial charge in [-0.2, -0.15) is 0 Å². The molecule has 96 valence electrons. The Morgan fingerprint density at radius 2 is 2.06 bits per heavy atom. The summed E-state index contributed by atoms with van der Waals surface area (Å²) in [5.41, 5.74) is 7.16. The van der Waals surface area contributed by atoms with Gasteiger partial charge >= 0.3 is 0 Å². The average Bonchev–Trinajstić information content (AvgIpc) is 2.38. The fourth-order valence-electron chi connectivity index (χ4n) is 1.52. The Morgan fingerprint density at radius 3 is 2.61 bits per heavy atom. The van der Waals surface area contributed by atoms with E-state index in [0.29, 0.717) is 5.69 Å². The number of rotatable bonds is 4. The zero-order valence-electron chi connectivity index (χ0n) is 11.0. The van der Waals surface area contributed by atoms with Crippen molar-refractivity contribution >= 4 is 18.5 Å². The van der Waals surface area contributed by atoms with Gasteiger partial charge in [0, 0.05) is 5.70 Å². The maximum absolute atomic E-state index is 9.51. The molecule has 0 radical (unpaired) electrons. The first-order chi connectivity index (χ1) is 8.49. The summed E-state index contributed by atoms with van der Waals surface area (Å²) in [7, 11) is 0. The highest BCUT2D eigenvalue weighted by atomic mass is 16.3. The number of hydrogen-bond acceptors (Lipinski definition) is 4. The van der Waals surface area contributed by atoms with Crippen LogP contribution in [0.25, 0.3) is 6.08 Å². The van der Waals surface area contributed by atoms with E-state index in [0.717, 1.165) is 22.4 Å². The maximum atomic E-state index is 9.51. The van der Waals surface area contributed by atoms with E-state index in [-0.39, 0.29) is 5.75 Å². The van der Waals surface area contributed by atoms with E-state index in [1.165, 1.54) is 0 Å². The van der Waals surface area contributed by atoms with Crippen LogP contribution in [-0.4, -0.2) is 11.8 Å². The standard InChI is InChI=1S/C14H19N3O/c1-9(10(2)11(3)17-15)7-12-5-6-14(18)13(8-12)16-4/h5-8,17-18H,4,15H2,1-3H3/b9-7+,11-10-. The molecule has 0 aliphatic rings. The molecular weight excluding hydrogens is 226 g/mol. The second-order valence-corrected chi connectivity index (χ2v) is 4.13. The molecule has 0 fully saturated rings. The van der Waals surface area contributed by atoms with Gasteiger partial charge in [-0.25, -0.2) is 0 Å². The quantitative estimate of drug-likeness (QED) is 0.330. The van der Waals surface area contributed by atoms with Crippen LogP contribution in [0.15, 0.2) is 40.0 Å². The van der Waals surface area contributed by atoms with Crippen molar-refractivity contribution in [2.75, 3.05) is 0 Å². The first-order valence-corrected chi connectivity index (χ1v) is 5.62. The van der Waals surface area contributed by atoms with Crippen molar-refractivity contribution in [2.45, 2.75) is 20.8 Å². The van der Waals surface area contributed by atoms with Crippen molar-refractivity contribution in [3.63, 3.8) is 0 Å². The molecular formula is C14H19N3O. The number of nitrogens with zero attached hydrogens (tertiary/aromatic N) is 1. The van der Waals surface area contributed by atoms with Gasteiger partial charge in [0.05, 0.1) is 0 Å². The molecule has 4 nitrogen and oxygen atoms in total. The lowest BCUT2D eigenvalue weighted by atomic mass is 10.0. The summed E-state index contributed by atoms with van der Waals surface area (Å²) in [4.78, 5) is 3.76. The van der Waals surface area contributed by atoms with E-state index in [1.807, 2.05) is 32.9 Å². The summed E-state index contributed by atoms with van der Waals surface area (Å²) in [6.45, 7) is 9.34. The molecule has 0 atom stereocenters. The largest absolute Gasteiger partial charge is 0.506 e. The minimum atomic E-state index is 0.131. The van der Waals surface area contributed by atoms with Crippen molar-refractivity contribution in [2.24, 2.45) is 10.8 Å². The van der Waals surface area contributed by atoms with Gasteiger partial charge in [0.1, 0.15) is 11.4 Å². The van der Waals surface area contributed by atoms with Crippen LogP contribution in [0.2, 0.25) is 0 Å². The molecule has 4 N–H and O–H groups in total. The van der Waals surface area contributed by atoms with Crippen LogP contribution in [-0.2, 0) is 0 Å². The molecule has 0 saturated heterocycles. The van der Waals surface area contributed by atoms with E-state index in [2.05, 4.69) is 17.1 Å². The predicted molar refractivity (Wildman–Crippen MR) is 76.7 cm³/mol. The number of aromatic hydroxyl groups is 1. The molecule has 0 saturated carbocycles. The normalized spacial score (nSPS) is 13.0. The number of nitrogens with two attached hydrogens (primary N) is 1. The molecule has 0 aromatic heterocycles. The van der Waals surface area contributed by atoms with E-state index in [1.54, 1.807) is 12.1 Å². The first-order valence-electron chi connectivity index (χ1n) is 5.62. The van der Waals surface area contributed by atoms with Crippen molar-refractivity contribution in [3.8, 4) is 5.75 Å². The van der Waals surface area contributed by atoms with Crippen LogP contribution < -0.4 is 11.3 Å². The van der Waals surface area contributed by atoms with Crippen molar-refractivity contribution in [1.29, 1.82) is 0 Å². The lowest BCUT2D eigenvalue weighted by Gasteiger charge is -2.08. The smallest absolute Gasteiger partial charge is 0.141 e. The Kier molecular flexibility index (Phi) is 4.68. The van der Waals surface area contributed by atoms with Crippen LogP contribution >= 0.6 is 0 Å². The Balaban J connectivity index is 3.14. The number of phenols is 1. The van der Waals surface area contributed by atoms with Crippen LogP contribution in [0.3, 0.4) is 0 Å². The minimum Gasteiger partial charge on any atom is -0.506 e. The summed E-state index contributed by atoms with van der Waals surface area (Å²) >= 11 is 0. The van der Waals surface area contributed by atoms with Gasteiger partial charge in [0.2, 0.25) is 0 Å². The monoisotopic (exact) mass is 245 g/mol. The Bertz CT molecular complexity index is 516. The van der Waals surface area contributed by atoms with E-state index in [4.69, 9.17) is 5.84 Å². The van der Waals surface area contributed by atoms with Gasteiger partial charge in [0.25, 0.3) is 0 Å². The molecule has 0 amide bonds. The molecule has 0 bridgehead atoms. The molecule has 18 heavy (non-hydrogen) atoms. The summed E-state index contributed by atoms with van der Waals surface area (Å²) < 4.78 is 0. The van der Waals surface area contributed by atoms with Crippen molar-refractivity contribution in [1.82, 2.24) is 5.43 Å². The molecule has 1 aromatic carbocycles. The highest BCUT2D eigenvalue weighted by molar-refractivity contribution is 5.65. The number of hydrogen-bond donors (Lipinski definition) is 3. The summed E-state index contributed by atoms with van der Waals surface area (Å²) in [5, 5.41) is 9.51. The third-order valence-electron chi connectivity index (χ3n) is 2.92. The maximum Gasteiger partial charge on any atom is 0.141 e. The van der Waals surface area contributed by atoms with Crippen LogP contribution in [0.1, 0.15) is 26.3 Å². The molecule has 4 heteroatoms. The topological polar surface area (TPSA) is 70.6 Å². The van der Waals surface area contributed by atoms with Crippen LogP contribution in [0.4, 0.5) is 5.69 Å². The summed E-state index contributed by atoms with van der Waals surface area (Å²) in [5.74, 6) is 5.51. The van der Waals surface area contributed by atoms with Crippen LogP contribution in [0.5, 0.6) is 5.75 Å². The molecule has 0 heterocycles. The fraction of sp³-hybridized carbons (Fsp3) is 0.214. The molecule has 0 aliphatic heterocycles. The summed E-state index contributed by atoms with van der Waals surface area (Å²) in [6, 6.07) is 5.21. The molecule has 1 rings (SSSR count). The average molecular weight is 245 g/mol. The van der Waals surface area contributed by atoms with Crippen molar-refractivity contribution in [3.05, 3.63) is 40.6 Å². The number of allylic oxidation sites excluding steroid dienone is 3. The third kappa shape index (κ3) is 3.21. The van der Waals surface area contributed by atoms with Gasteiger partial charge < -0.3 is 10.5 Å². The Hall–Kier alpha value is -2.07. The number of nitrogens with one attached hydrogen (secondary N) is 1. The van der Waals surface area contributed by atoms with Gasteiger partial charge in [0.15, 0.2) is 0 Å². The van der Waals surface area contributed by atoms with Gasteiger partial charge in [-0.1, -0.05) is 12.1 Å². The van der Waals surface area contributed by atoms with Gasteiger partial charge in [-0.15, -0.1) is 0 Å². The molecule has 0 unspecified atom stereocenters.